The van der Waals surface area contributed by atoms with E-state index in [4.69, 9.17) is 0 Å². The minimum Gasteiger partial charge on any atom is -0.368 e. The zero-order valence-electron chi connectivity index (χ0n) is 15.7. The Labute approximate surface area is 157 Å². The number of para-hydroxylation sites is 1. The summed E-state index contributed by atoms with van der Waals surface area (Å²) in [5.41, 5.74) is 4.75. The fourth-order valence-corrected chi connectivity index (χ4v) is 2.76. The maximum Gasteiger partial charge on any atom is 0.114 e. The van der Waals surface area contributed by atoms with Crippen molar-refractivity contribution in [3.05, 3.63) is 102 Å². The minimum absolute atomic E-state index is 0.0633. The Morgan fingerprint density at radius 1 is 0.731 bits per heavy atom. The molecule has 1 heteroatoms. The van der Waals surface area contributed by atoms with Crippen molar-refractivity contribution >= 4 is 5.69 Å². The van der Waals surface area contributed by atoms with Crippen LogP contribution < -0.4 is 5.32 Å². The van der Waals surface area contributed by atoms with Gasteiger partial charge in [-0.1, -0.05) is 93.3 Å². The Bertz CT molecular complexity index is 876. The van der Waals surface area contributed by atoms with Crippen LogP contribution in [-0.4, -0.2) is 0 Å². The van der Waals surface area contributed by atoms with Crippen LogP contribution >= 0.6 is 0 Å². The second-order valence-corrected chi connectivity index (χ2v) is 7.45. The summed E-state index contributed by atoms with van der Waals surface area (Å²) in [6, 6.07) is 29.1. The van der Waals surface area contributed by atoms with Crippen molar-refractivity contribution in [2.75, 3.05) is 5.32 Å². The first kappa shape index (κ1) is 17.8. The van der Waals surface area contributed by atoms with E-state index in [9.17, 15) is 0 Å². The molecular weight excluding hydrogens is 314 g/mol. The molecule has 130 valence electrons. The first-order valence-electron chi connectivity index (χ1n) is 9.01. The van der Waals surface area contributed by atoms with Crippen LogP contribution in [0.1, 0.15) is 43.5 Å². The van der Waals surface area contributed by atoms with Gasteiger partial charge in [0, 0.05) is 11.3 Å². The van der Waals surface area contributed by atoms with Gasteiger partial charge in [0.25, 0.3) is 0 Å². The molecule has 0 aliphatic rings. The Morgan fingerprint density at radius 3 is 1.88 bits per heavy atom. The fourth-order valence-electron chi connectivity index (χ4n) is 2.76. The molecule has 26 heavy (non-hydrogen) atoms. The summed E-state index contributed by atoms with van der Waals surface area (Å²) in [6.07, 6.45) is 0. The van der Waals surface area contributed by atoms with Gasteiger partial charge in [-0.3, -0.25) is 0 Å². The summed E-state index contributed by atoms with van der Waals surface area (Å²) >= 11 is 0. The van der Waals surface area contributed by atoms with Gasteiger partial charge in [0.05, 0.1) is 0 Å². The van der Waals surface area contributed by atoms with Crippen LogP contribution in [0.2, 0.25) is 0 Å². The van der Waals surface area contributed by atoms with Gasteiger partial charge in [-0.15, -0.1) is 0 Å². The van der Waals surface area contributed by atoms with E-state index in [2.05, 4.69) is 74.3 Å². The van der Waals surface area contributed by atoms with Crippen molar-refractivity contribution < 1.29 is 0 Å². The molecule has 1 N–H and O–H groups in total. The van der Waals surface area contributed by atoms with Crippen molar-refractivity contribution in [2.24, 2.45) is 0 Å². The summed E-state index contributed by atoms with van der Waals surface area (Å²) in [7, 11) is 0. The zero-order valence-corrected chi connectivity index (χ0v) is 15.7. The molecule has 0 radical (unpaired) electrons. The highest BCUT2D eigenvalue weighted by atomic mass is 14.9. The summed E-state index contributed by atoms with van der Waals surface area (Å²) in [6.45, 7) is 6.70. The van der Waals surface area contributed by atoms with Gasteiger partial charge in [0.15, 0.2) is 0 Å². The van der Waals surface area contributed by atoms with Crippen LogP contribution in [0.4, 0.5) is 5.69 Å². The molecule has 1 nitrogen and oxygen atoms in total. The average Bonchev–Trinajstić information content (AvgIpc) is 2.66. The monoisotopic (exact) mass is 339 g/mol. The second-order valence-electron chi connectivity index (χ2n) is 7.45. The molecule has 0 spiro atoms. The average molecular weight is 339 g/mol. The van der Waals surface area contributed by atoms with E-state index in [0.29, 0.717) is 0 Å². The molecule has 3 aromatic carbocycles. The molecule has 1 atom stereocenters. The summed E-state index contributed by atoms with van der Waals surface area (Å²) in [5.74, 6) is 6.69. The first-order chi connectivity index (χ1) is 12.5. The molecule has 3 aromatic rings. The third-order valence-electron chi connectivity index (χ3n) is 4.33. The van der Waals surface area contributed by atoms with Crippen LogP contribution in [0.3, 0.4) is 0 Å². The van der Waals surface area contributed by atoms with Crippen molar-refractivity contribution in [2.45, 2.75) is 32.2 Å². The smallest absolute Gasteiger partial charge is 0.114 e. The van der Waals surface area contributed by atoms with Crippen LogP contribution in [0.5, 0.6) is 0 Å². The largest absolute Gasteiger partial charge is 0.368 e. The molecule has 0 amide bonds. The standard InChI is InChI=1S/C25H25N/c1-25(2,3)22-17-15-21(16-18-22)24(26-23-12-8-5-9-13-23)19-14-20-10-6-4-7-11-20/h4-13,15-18,24,26H,1-3H3. The lowest BCUT2D eigenvalue weighted by Gasteiger charge is -2.21. The Hall–Kier alpha value is -2.98. The molecule has 0 bridgehead atoms. The number of hydrogen-bond donors (Lipinski definition) is 1. The highest BCUT2D eigenvalue weighted by Gasteiger charge is 2.15. The topological polar surface area (TPSA) is 12.0 Å². The third-order valence-corrected chi connectivity index (χ3v) is 4.33. The van der Waals surface area contributed by atoms with E-state index in [1.807, 2.05) is 48.5 Å². The van der Waals surface area contributed by atoms with E-state index >= 15 is 0 Å². The minimum atomic E-state index is -0.0633. The normalized spacial score (nSPS) is 12.0. The Balaban J connectivity index is 1.91. The van der Waals surface area contributed by atoms with Gasteiger partial charge >= 0.3 is 0 Å². The maximum absolute atomic E-state index is 3.55. The lowest BCUT2D eigenvalue weighted by molar-refractivity contribution is 0.590. The molecule has 0 heterocycles. The molecule has 3 rings (SSSR count). The summed E-state index contributed by atoms with van der Waals surface area (Å²) in [5, 5.41) is 3.55. The Morgan fingerprint density at radius 2 is 1.31 bits per heavy atom. The van der Waals surface area contributed by atoms with E-state index in [0.717, 1.165) is 11.3 Å². The fraction of sp³-hybridized carbons (Fsp3) is 0.200. The summed E-state index contributed by atoms with van der Waals surface area (Å²) < 4.78 is 0. The van der Waals surface area contributed by atoms with Gasteiger partial charge in [0.1, 0.15) is 6.04 Å². The van der Waals surface area contributed by atoms with E-state index in [1.54, 1.807) is 0 Å². The van der Waals surface area contributed by atoms with Crippen LogP contribution in [0, 0.1) is 11.8 Å². The number of benzene rings is 3. The van der Waals surface area contributed by atoms with Crippen LogP contribution in [0.25, 0.3) is 0 Å². The van der Waals surface area contributed by atoms with Crippen molar-refractivity contribution in [3.63, 3.8) is 0 Å². The number of hydrogen-bond acceptors (Lipinski definition) is 1. The van der Waals surface area contributed by atoms with Gasteiger partial charge in [-0.2, -0.15) is 0 Å². The predicted molar refractivity (Wildman–Crippen MR) is 111 cm³/mol. The lowest BCUT2D eigenvalue weighted by atomic mass is 9.86. The van der Waals surface area contributed by atoms with Gasteiger partial charge in [-0.05, 0) is 40.8 Å². The highest BCUT2D eigenvalue weighted by molar-refractivity contribution is 5.49. The van der Waals surface area contributed by atoms with E-state index in [-0.39, 0.29) is 11.5 Å². The zero-order chi connectivity index (χ0) is 18.4. The number of anilines is 1. The molecule has 0 aliphatic carbocycles. The molecule has 0 saturated heterocycles. The number of rotatable bonds is 3. The van der Waals surface area contributed by atoms with Gasteiger partial charge in [0.2, 0.25) is 0 Å². The first-order valence-corrected chi connectivity index (χ1v) is 9.01. The maximum atomic E-state index is 3.55. The molecule has 0 aliphatic heterocycles. The molecule has 0 saturated carbocycles. The highest BCUT2D eigenvalue weighted by Crippen LogP contribution is 2.25. The molecule has 0 aromatic heterocycles. The molecular formula is C25H25N. The quantitative estimate of drug-likeness (QED) is 0.561. The number of nitrogens with one attached hydrogen (secondary N) is 1. The molecule has 0 fully saturated rings. The lowest BCUT2D eigenvalue weighted by Crippen LogP contribution is -2.12. The van der Waals surface area contributed by atoms with E-state index in [1.165, 1.54) is 11.1 Å². The summed E-state index contributed by atoms with van der Waals surface area (Å²) in [4.78, 5) is 0. The van der Waals surface area contributed by atoms with E-state index < -0.39 is 0 Å². The predicted octanol–water partition coefficient (Wildman–Crippen LogP) is 6.19. The SMILES string of the molecule is CC(C)(C)c1ccc(C(C#Cc2ccccc2)Nc2ccccc2)cc1. The molecule has 1 unspecified atom stereocenters. The van der Waals surface area contributed by atoms with Crippen molar-refractivity contribution in [1.82, 2.24) is 0 Å². The van der Waals surface area contributed by atoms with Crippen molar-refractivity contribution in [1.29, 1.82) is 0 Å². The van der Waals surface area contributed by atoms with Crippen LogP contribution in [0.15, 0.2) is 84.9 Å². The van der Waals surface area contributed by atoms with Gasteiger partial charge in [-0.25, -0.2) is 0 Å². The van der Waals surface area contributed by atoms with Gasteiger partial charge < -0.3 is 5.32 Å². The van der Waals surface area contributed by atoms with Crippen LogP contribution in [-0.2, 0) is 5.41 Å². The second kappa shape index (κ2) is 7.93. The third kappa shape index (κ3) is 4.77. The Kier molecular flexibility index (Phi) is 5.44. The van der Waals surface area contributed by atoms with Crippen molar-refractivity contribution in [3.8, 4) is 11.8 Å².